The van der Waals surface area contributed by atoms with E-state index in [4.69, 9.17) is 9.73 Å². The van der Waals surface area contributed by atoms with Crippen molar-refractivity contribution in [2.45, 2.75) is 40.4 Å². The molecule has 0 spiro atoms. The number of aliphatic imine (C=N–C) groups is 1. The molecule has 1 aliphatic rings. The summed E-state index contributed by atoms with van der Waals surface area (Å²) in [5.41, 5.74) is 3.66. The zero-order chi connectivity index (χ0) is 19.8. The molecular formula is C21H32IN5OS. The molecule has 0 unspecified atom stereocenters. The highest BCUT2D eigenvalue weighted by Crippen LogP contribution is 2.16. The van der Waals surface area contributed by atoms with Gasteiger partial charge in [-0.25, -0.2) is 9.98 Å². The molecule has 2 N–H and O–H groups in total. The summed E-state index contributed by atoms with van der Waals surface area (Å²) in [7, 11) is 0. The van der Waals surface area contributed by atoms with Crippen molar-refractivity contribution in [1.29, 1.82) is 0 Å². The van der Waals surface area contributed by atoms with E-state index in [1.807, 2.05) is 6.92 Å². The van der Waals surface area contributed by atoms with Gasteiger partial charge in [0.1, 0.15) is 0 Å². The van der Waals surface area contributed by atoms with E-state index in [9.17, 15) is 0 Å². The second kappa shape index (κ2) is 12.5. The number of ether oxygens (including phenoxy) is 1. The molecule has 160 valence electrons. The molecular weight excluding hydrogens is 497 g/mol. The molecule has 0 bridgehead atoms. The minimum absolute atomic E-state index is 0. The van der Waals surface area contributed by atoms with Crippen LogP contribution in [0.15, 0.2) is 29.3 Å². The number of hydrogen-bond acceptors (Lipinski definition) is 5. The van der Waals surface area contributed by atoms with Crippen molar-refractivity contribution >= 4 is 41.3 Å². The molecule has 1 saturated heterocycles. The first-order valence-electron chi connectivity index (χ1n) is 9.97. The Morgan fingerprint density at radius 3 is 2.45 bits per heavy atom. The quantitative estimate of drug-likeness (QED) is 0.327. The maximum atomic E-state index is 5.42. The molecule has 3 rings (SSSR count). The van der Waals surface area contributed by atoms with Crippen LogP contribution in [0.3, 0.4) is 0 Å². The van der Waals surface area contributed by atoms with Gasteiger partial charge in [-0.1, -0.05) is 24.3 Å². The number of halogens is 1. The number of aryl methyl sites for hydroxylation is 2. The molecule has 2 heterocycles. The summed E-state index contributed by atoms with van der Waals surface area (Å²) >= 11 is 1.74. The Kier molecular flexibility index (Phi) is 10.3. The molecule has 29 heavy (non-hydrogen) atoms. The summed E-state index contributed by atoms with van der Waals surface area (Å²) in [6.45, 7) is 13.1. The van der Waals surface area contributed by atoms with Gasteiger partial charge in [0.05, 0.1) is 37.0 Å². The van der Waals surface area contributed by atoms with E-state index in [0.717, 1.165) is 62.6 Å². The lowest BCUT2D eigenvalue weighted by Gasteiger charge is -2.26. The smallest absolute Gasteiger partial charge is 0.191 e. The van der Waals surface area contributed by atoms with Crippen LogP contribution >= 0.6 is 35.3 Å². The largest absolute Gasteiger partial charge is 0.379 e. The molecule has 0 saturated carbocycles. The third-order valence-electron chi connectivity index (χ3n) is 4.71. The van der Waals surface area contributed by atoms with Crippen molar-refractivity contribution in [2.75, 3.05) is 32.8 Å². The maximum absolute atomic E-state index is 5.42. The normalized spacial score (nSPS) is 15.1. The van der Waals surface area contributed by atoms with Gasteiger partial charge in [0.15, 0.2) is 5.96 Å². The Balaban J connectivity index is 0.00000300. The van der Waals surface area contributed by atoms with Crippen LogP contribution in [0.25, 0.3) is 0 Å². The molecule has 1 aliphatic heterocycles. The van der Waals surface area contributed by atoms with Gasteiger partial charge in [0, 0.05) is 31.1 Å². The zero-order valence-electron chi connectivity index (χ0n) is 17.5. The summed E-state index contributed by atoms with van der Waals surface area (Å²) in [6, 6.07) is 8.79. The number of nitrogens with one attached hydrogen (secondary N) is 2. The summed E-state index contributed by atoms with van der Waals surface area (Å²) in [6.07, 6.45) is 0. The highest BCUT2D eigenvalue weighted by atomic mass is 127. The first-order valence-corrected chi connectivity index (χ1v) is 10.8. The summed E-state index contributed by atoms with van der Waals surface area (Å²) in [4.78, 5) is 12.9. The lowest BCUT2D eigenvalue weighted by molar-refractivity contribution is 0.0342. The number of benzene rings is 1. The fourth-order valence-corrected chi connectivity index (χ4v) is 4.06. The molecule has 6 nitrogen and oxygen atoms in total. The molecule has 2 aromatic rings. The number of nitrogens with zero attached hydrogens (tertiary/aromatic N) is 3. The summed E-state index contributed by atoms with van der Waals surface area (Å²) in [5.74, 6) is 0.838. The molecule has 8 heteroatoms. The van der Waals surface area contributed by atoms with E-state index in [2.05, 4.69) is 58.6 Å². The highest BCUT2D eigenvalue weighted by Gasteiger charge is 2.10. The predicted octanol–water partition coefficient (Wildman–Crippen LogP) is 3.47. The van der Waals surface area contributed by atoms with Gasteiger partial charge in [-0.15, -0.1) is 35.3 Å². The van der Waals surface area contributed by atoms with Crippen LogP contribution in [-0.4, -0.2) is 48.7 Å². The van der Waals surface area contributed by atoms with Crippen molar-refractivity contribution < 1.29 is 4.74 Å². The van der Waals surface area contributed by atoms with Crippen LogP contribution in [-0.2, 0) is 24.4 Å². The number of rotatable bonds is 7. The van der Waals surface area contributed by atoms with Gasteiger partial charge in [0.25, 0.3) is 0 Å². The van der Waals surface area contributed by atoms with Crippen molar-refractivity contribution in [2.24, 2.45) is 4.99 Å². The number of aromatic nitrogens is 1. The molecule has 1 aromatic carbocycles. The number of thiazole rings is 1. The SMILES string of the molecule is CCNC(=NCc1ccc(CN2CCOCC2)cc1)NCc1sc(C)nc1C.I. The molecule has 1 fully saturated rings. The van der Waals surface area contributed by atoms with Gasteiger partial charge < -0.3 is 15.4 Å². The van der Waals surface area contributed by atoms with Gasteiger partial charge in [0.2, 0.25) is 0 Å². The van der Waals surface area contributed by atoms with Crippen LogP contribution in [0.1, 0.15) is 33.6 Å². The topological polar surface area (TPSA) is 61.8 Å². The Morgan fingerprint density at radius 2 is 1.83 bits per heavy atom. The molecule has 0 atom stereocenters. The first-order chi connectivity index (χ1) is 13.6. The fourth-order valence-electron chi connectivity index (χ4n) is 3.18. The van der Waals surface area contributed by atoms with Crippen LogP contribution in [0, 0.1) is 13.8 Å². The number of guanidine groups is 1. The highest BCUT2D eigenvalue weighted by molar-refractivity contribution is 14.0. The van der Waals surface area contributed by atoms with E-state index >= 15 is 0 Å². The predicted molar refractivity (Wildman–Crippen MR) is 131 cm³/mol. The summed E-state index contributed by atoms with van der Waals surface area (Å²) < 4.78 is 5.42. The van der Waals surface area contributed by atoms with E-state index in [1.165, 1.54) is 16.0 Å². The minimum atomic E-state index is 0. The lowest BCUT2D eigenvalue weighted by Crippen LogP contribution is -2.36. The lowest BCUT2D eigenvalue weighted by atomic mass is 10.1. The average Bonchev–Trinajstić information content (AvgIpc) is 3.03. The Morgan fingerprint density at radius 1 is 1.14 bits per heavy atom. The minimum Gasteiger partial charge on any atom is -0.379 e. The van der Waals surface area contributed by atoms with Gasteiger partial charge in [-0.2, -0.15) is 0 Å². The van der Waals surface area contributed by atoms with Gasteiger partial charge >= 0.3 is 0 Å². The van der Waals surface area contributed by atoms with Gasteiger partial charge in [-0.05, 0) is 31.9 Å². The molecule has 0 radical (unpaired) electrons. The monoisotopic (exact) mass is 529 g/mol. The van der Waals surface area contributed by atoms with E-state index in [1.54, 1.807) is 11.3 Å². The van der Waals surface area contributed by atoms with Gasteiger partial charge in [-0.3, -0.25) is 4.90 Å². The Hall–Kier alpha value is -1.23. The molecule has 0 amide bonds. The second-order valence-electron chi connectivity index (χ2n) is 7.00. The van der Waals surface area contributed by atoms with Crippen LogP contribution in [0.2, 0.25) is 0 Å². The van der Waals surface area contributed by atoms with Crippen molar-refractivity contribution in [3.05, 3.63) is 51.0 Å². The Bertz CT molecular complexity index is 772. The summed E-state index contributed by atoms with van der Waals surface area (Å²) in [5, 5.41) is 7.84. The zero-order valence-corrected chi connectivity index (χ0v) is 20.7. The van der Waals surface area contributed by atoms with E-state index in [-0.39, 0.29) is 24.0 Å². The van der Waals surface area contributed by atoms with E-state index in [0.29, 0.717) is 6.54 Å². The van der Waals surface area contributed by atoms with E-state index < -0.39 is 0 Å². The third-order valence-corrected chi connectivity index (χ3v) is 5.79. The Labute approximate surface area is 195 Å². The van der Waals surface area contributed by atoms with Crippen LogP contribution in [0.4, 0.5) is 0 Å². The standard InChI is InChI=1S/C21H31N5OS.HI/c1-4-22-21(24-14-20-16(2)25-17(3)28-20)23-13-18-5-7-19(8-6-18)15-26-9-11-27-12-10-26;/h5-8H,4,9-15H2,1-3H3,(H2,22,23,24);1H. The third kappa shape index (κ3) is 7.84. The number of morpholine rings is 1. The first kappa shape index (κ1) is 24.0. The molecule has 1 aromatic heterocycles. The van der Waals surface area contributed by atoms with Crippen molar-refractivity contribution in [1.82, 2.24) is 20.5 Å². The average molecular weight is 529 g/mol. The molecule has 0 aliphatic carbocycles. The second-order valence-corrected chi connectivity index (χ2v) is 8.28. The van der Waals surface area contributed by atoms with Crippen LogP contribution < -0.4 is 10.6 Å². The van der Waals surface area contributed by atoms with Crippen molar-refractivity contribution in [3.8, 4) is 0 Å². The number of hydrogen-bond donors (Lipinski definition) is 2. The van der Waals surface area contributed by atoms with Crippen molar-refractivity contribution in [3.63, 3.8) is 0 Å². The maximum Gasteiger partial charge on any atom is 0.191 e. The van der Waals surface area contributed by atoms with Crippen LogP contribution in [0.5, 0.6) is 0 Å². The fraction of sp³-hybridized carbons (Fsp3) is 0.524.